The number of unbranched alkanes of at least 4 members (excludes halogenated alkanes) is 4. The van der Waals surface area contributed by atoms with Gasteiger partial charge in [0, 0.05) is 6.61 Å². The molecule has 0 bridgehead atoms. The number of rotatable bonds is 8. The Morgan fingerprint density at radius 3 is 2.75 bits per heavy atom. The van der Waals surface area contributed by atoms with Crippen LogP contribution in [0.2, 0.25) is 0 Å². The highest BCUT2D eigenvalue weighted by atomic mass is 16.6. The molecule has 0 unspecified atom stereocenters. The van der Waals surface area contributed by atoms with Gasteiger partial charge in [-0.05, 0) is 37.7 Å². The summed E-state index contributed by atoms with van der Waals surface area (Å²) in [6.45, 7) is 0.329. The summed E-state index contributed by atoms with van der Waals surface area (Å²) < 4.78 is 0. The van der Waals surface area contributed by atoms with E-state index in [1.54, 1.807) is 7.11 Å². The molecular formula is C13H23NO2. The van der Waals surface area contributed by atoms with Crippen molar-refractivity contribution >= 4 is 5.71 Å². The predicted molar refractivity (Wildman–Crippen MR) is 66.5 cm³/mol. The van der Waals surface area contributed by atoms with Crippen LogP contribution in [0, 0.1) is 0 Å². The van der Waals surface area contributed by atoms with Gasteiger partial charge in [-0.1, -0.05) is 30.5 Å². The summed E-state index contributed by atoms with van der Waals surface area (Å²) >= 11 is 0. The summed E-state index contributed by atoms with van der Waals surface area (Å²) in [7, 11) is 1.61. The summed E-state index contributed by atoms with van der Waals surface area (Å²) in [4.78, 5) is 4.83. The highest BCUT2D eigenvalue weighted by Crippen LogP contribution is 2.21. The molecule has 16 heavy (non-hydrogen) atoms. The highest BCUT2D eigenvalue weighted by Gasteiger charge is 2.13. The number of oxime groups is 1. The zero-order valence-electron chi connectivity index (χ0n) is 10.2. The van der Waals surface area contributed by atoms with Crippen LogP contribution >= 0.6 is 0 Å². The van der Waals surface area contributed by atoms with Crippen LogP contribution in [-0.2, 0) is 4.84 Å². The molecule has 0 radical (unpaired) electrons. The van der Waals surface area contributed by atoms with Crippen LogP contribution in [0.5, 0.6) is 0 Å². The average Bonchev–Trinajstić information content (AvgIpc) is 2.72. The van der Waals surface area contributed by atoms with Crippen molar-refractivity contribution in [3.63, 3.8) is 0 Å². The first-order valence-electron chi connectivity index (χ1n) is 6.28. The Labute approximate surface area is 98.2 Å². The quantitative estimate of drug-likeness (QED) is 0.509. The Hall–Kier alpha value is -0.830. The second kappa shape index (κ2) is 8.34. The minimum atomic E-state index is 0.329. The molecule has 3 nitrogen and oxygen atoms in total. The molecule has 0 saturated carbocycles. The van der Waals surface area contributed by atoms with Crippen molar-refractivity contribution in [2.45, 2.75) is 51.4 Å². The van der Waals surface area contributed by atoms with Crippen LogP contribution in [0.15, 0.2) is 16.8 Å². The Morgan fingerprint density at radius 2 is 2.00 bits per heavy atom. The summed E-state index contributed by atoms with van der Waals surface area (Å²) in [6, 6.07) is 0. The summed E-state index contributed by atoms with van der Waals surface area (Å²) in [5, 5.41) is 12.7. The number of hydrogen-bond acceptors (Lipinski definition) is 3. The molecule has 92 valence electrons. The molecule has 0 heterocycles. The predicted octanol–water partition coefficient (Wildman–Crippen LogP) is 3.04. The largest absolute Gasteiger partial charge is 0.399 e. The van der Waals surface area contributed by atoms with Gasteiger partial charge in [-0.25, -0.2) is 0 Å². The lowest BCUT2D eigenvalue weighted by molar-refractivity contribution is 0.213. The lowest BCUT2D eigenvalue weighted by Crippen LogP contribution is -1.98. The normalized spacial score (nSPS) is 17.9. The molecule has 1 aliphatic rings. The average molecular weight is 225 g/mol. The van der Waals surface area contributed by atoms with E-state index in [4.69, 9.17) is 9.94 Å². The Bertz CT molecular complexity index is 246. The first-order valence-corrected chi connectivity index (χ1v) is 6.28. The fourth-order valence-corrected chi connectivity index (χ4v) is 2.08. The minimum absolute atomic E-state index is 0.329. The van der Waals surface area contributed by atoms with Crippen LogP contribution in [0.25, 0.3) is 0 Å². The van der Waals surface area contributed by atoms with E-state index in [-0.39, 0.29) is 0 Å². The zero-order valence-corrected chi connectivity index (χ0v) is 10.2. The third-order valence-electron chi connectivity index (χ3n) is 2.95. The molecule has 0 aromatic heterocycles. The molecule has 1 rings (SSSR count). The van der Waals surface area contributed by atoms with Crippen LogP contribution in [0.4, 0.5) is 0 Å². The molecular weight excluding hydrogens is 202 g/mol. The zero-order chi connectivity index (χ0) is 11.6. The fourth-order valence-electron chi connectivity index (χ4n) is 2.08. The van der Waals surface area contributed by atoms with E-state index in [9.17, 15) is 0 Å². The molecule has 0 spiro atoms. The van der Waals surface area contributed by atoms with Crippen molar-refractivity contribution in [2.24, 2.45) is 5.16 Å². The van der Waals surface area contributed by atoms with Crippen molar-refractivity contribution in [3.8, 4) is 0 Å². The Morgan fingerprint density at radius 1 is 1.25 bits per heavy atom. The standard InChI is InChI=1S/C13H23NO2/c1-16-14-13-10-7-9-12(13)8-5-3-2-4-6-11-15/h9,15H,2-8,10-11H2,1H3. The van der Waals surface area contributed by atoms with Crippen molar-refractivity contribution < 1.29 is 9.94 Å². The first kappa shape index (κ1) is 13.2. The van der Waals surface area contributed by atoms with Gasteiger partial charge in [0.15, 0.2) is 0 Å². The second-order valence-corrected chi connectivity index (χ2v) is 4.23. The fraction of sp³-hybridized carbons (Fsp3) is 0.769. The van der Waals surface area contributed by atoms with Gasteiger partial charge in [-0.2, -0.15) is 0 Å². The monoisotopic (exact) mass is 225 g/mol. The maximum absolute atomic E-state index is 8.65. The van der Waals surface area contributed by atoms with E-state index in [1.807, 2.05) is 0 Å². The van der Waals surface area contributed by atoms with Gasteiger partial charge in [0.1, 0.15) is 7.11 Å². The molecule has 0 aromatic carbocycles. The van der Waals surface area contributed by atoms with E-state index in [1.165, 1.54) is 24.8 Å². The van der Waals surface area contributed by atoms with Crippen LogP contribution in [0.3, 0.4) is 0 Å². The maximum Gasteiger partial charge on any atom is 0.106 e. The third kappa shape index (κ3) is 4.79. The summed E-state index contributed by atoms with van der Waals surface area (Å²) in [5.74, 6) is 0. The highest BCUT2D eigenvalue weighted by molar-refractivity contribution is 6.01. The maximum atomic E-state index is 8.65. The lowest BCUT2D eigenvalue weighted by atomic mass is 10.0. The van der Waals surface area contributed by atoms with Gasteiger partial charge in [-0.15, -0.1) is 0 Å². The molecule has 1 N–H and O–H groups in total. The van der Waals surface area contributed by atoms with Gasteiger partial charge in [0.25, 0.3) is 0 Å². The van der Waals surface area contributed by atoms with Crippen LogP contribution < -0.4 is 0 Å². The molecule has 1 aliphatic carbocycles. The molecule has 0 amide bonds. The molecule has 0 atom stereocenters. The summed E-state index contributed by atoms with van der Waals surface area (Å²) in [6.07, 6.45) is 11.3. The van der Waals surface area contributed by atoms with Crippen molar-refractivity contribution in [3.05, 3.63) is 11.6 Å². The van der Waals surface area contributed by atoms with E-state index in [2.05, 4.69) is 11.2 Å². The molecule has 0 aliphatic heterocycles. The third-order valence-corrected chi connectivity index (χ3v) is 2.95. The number of hydrogen-bond donors (Lipinski definition) is 1. The van der Waals surface area contributed by atoms with Crippen molar-refractivity contribution in [2.75, 3.05) is 13.7 Å². The molecule has 3 heteroatoms. The lowest BCUT2D eigenvalue weighted by Gasteiger charge is -2.04. The van der Waals surface area contributed by atoms with E-state index >= 15 is 0 Å². The van der Waals surface area contributed by atoms with E-state index < -0.39 is 0 Å². The minimum Gasteiger partial charge on any atom is -0.399 e. The van der Waals surface area contributed by atoms with Gasteiger partial charge >= 0.3 is 0 Å². The number of nitrogens with zero attached hydrogens (tertiary/aromatic N) is 1. The van der Waals surface area contributed by atoms with E-state index in [0.29, 0.717) is 6.61 Å². The SMILES string of the molecule is CON=C1CCC=C1CCCCCCCO. The Balaban J connectivity index is 2.10. The molecule has 0 saturated heterocycles. The van der Waals surface area contributed by atoms with Gasteiger partial charge < -0.3 is 9.94 Å². The molecule has 0 aromatic rings. The van der Waals surface area contributed by atoms with Crippen LogP contribution in [-0.4, -0.2) is 24.5 Å². The topological polar surface area (TPSA) is 41.8 Å². The Kier molecular flexibility index (Phi) is 6.90. The number of allylic oxidation sites excluding steroid dienone is 2. The second-order valence-electron chi connectivity index (χ2n) is 4.23. The van der Waals surface area contributed by atoms with Crippen molar-refractivity contribution in [1.29, 1.82) is 0 Å². The van der Waals surface area contributed by atoms with E-state index in [0.717, 1.165) is 37.8 Å². The number of aliphatic hydroxyl groups excluding tert-OH is 1. The van der Waals surface area contributed by atoms with Crippen LogP contribution in [0.1, 0.15) is 51.4 Å². The van der Waals surface area contributed by atoms with Gasteiger partial charge in [0.05, 0.1) is 5.71 Å². The number of aliphatic hydroxyl groups is 1. The smallest absolute Gasteiger partial charge is 0.106 e. The van der Waals surface area contributed by atoms with Gasteiger partial charge in [0.2, 0.25) is 0 Å². The molecule has 0 fully saturated rings. The van der Waals surface area contributed by atoms with Crippen molar-refractivity contribution in [1.82, 2.24) is 0 Å². The van der Waals surface area contributed by atoms with Gasteiger partial charge in [-0.3, -0.25) is 0 Å². The first-order chi connectivity index (χ1) is 7.88. The summed E-state index contributed by atoms with van der Waals surface area (Å²) in [5.41, 5.74) is 2.52.